The topological polar surface area (TPSA) is 46.0 Å². The highest BCUT2D eigenvalue weighted by molar-refractivity contribution is 9.10. The summed E-state index contributed by atoms with van der Waals surface area (Å²) in [5, 5.41) is -0.669. The predicted molar refractivity (Wildman–Crippen MR) is 78.6 cm³/mol. The molecule has 0 saturated heterocycles. The van der Waals surface area contributed by atoms with E-state index in [4.69, 9.17) is 16.0 Å². The highest BCUT2D eigenvalue weighted by Crippen LogP contribution is 2.33. The zero-order valence-corrected chi connectivity index (χ0v) is 12.3. The van der Waals surface area contributed by atoms with E-state index in [1.807, 2.05) is 0 Å². The highest BCUT2D eigenvalue weighted by atomic mass is 79.9. The molecule has 0 radical (unpaired) electrons. The number of aromatic amines is 1. The van der Waals surface area contributed by atoms with Gasteiger partial charge in [-0.2, -0.15) is 0 Å². The summed E-state index contributed by atoms with van der Waals surface area (Å²) in [6, 6.07) is 9.63. The van der Waals surface area contributed by atoms with E-state index in [0.717, 1.165) is 4.47 Å². The van der Waals surface area contributed by atoms with Crippen molar-refractivity contribution < 1.29 is 8.81 Å². The zero-order valence-electron chi connectivity index (χ0n) is 9.99. The number of benzene rings is 2. The molecule has 3 nitrogen and oxygen atoms in total. The Morgan fingerprint density at radius 3 is 2.85 bits per heavy atom. The number of oxazole rings is 1. The third-order valence-corrected chi connectivity index (χ3v) is 3.95. The molecule has 2 aromatic carbocycles. The van der Waals surface area contributed by atoms with Crippen molar-refractivity contribution in [1.29, 1.82) is 0 Å². The van der Waals surface area contributed by atoms with Gasteiger partial charge < -0.3 is 4.42 Å². The van der Waals surface area contributed by atoms with Gasteiger partial charge in [0.1, 0.15) is 5.82 Å². The van der Waals surface area contributed by atoms with Gasteiger partial charge in [-0.05, 0) is 35.9 Å². The number of aromatic nitrogens is 1. The number of hydrogen-bond donors (Lipinski definition) is 1. The average molecular weight is 357 g/mol. The SMILES string of the molecule is O=c1[nH]c2ccc(C(Cl)c3cc(Br)ccc3F)cc2o1. The number of hydrogen-bond acceptors (Lipinski definition) is 2. The molecule has 3 aromatic rings. The fourth-order valence-corrected chi connectivity index (χ4v) is 2.69. The molecule has 0 spiro atoms. The molecule has 1 heterocycles. The van der Waals surface area contributed by atoms with E-state index in [1.54, 1.807) is 30.3 Å². The molecule has 1 atom stereocenters. The van der Waals surface area contributed by atoms with Gasteiger partial charge in [-0.3, -0.25) is 4.98 Å². The van der Waals surface area contributed by atoms with Crippen LogP contribution in [0.25, 0.3) is 11.1 Å². The predicted octanol–water partition coefficient (Wildman–Crippen LogP) is 4.35. The lowest BCUT2D eigenvalue weighted by Crippen LogP contribution is -1.97. The first-order valence-electron chi connectivity index (χ1n) is 5.76. The molecule has 1 N–H and O–H groups in total. The average Bonchev–Trinajstić information content (AvgIpc) is 2.79. The van der Waals surface area contributed by atoms with E-state index in [0.29, 0.717) is 22.2 Å². The molecule has 6 heteroatoms. The summed E-state index contributed by atoms with van der Waals surface area (Å²) in [7, 11) is 0. The maximum Gasteiger partial charge on any atom is 0.417 e. The van der Waals surface area contributed by atoms with E-state index in [1.165, 1.54) is 6.07 Å². The van der Waals surface area contributed by atoms with Crippen LogP contribution < -0.4 is 5.76 Å². The molecule has 0 aliphatic heterocycles. The fraction of sp³-hybridized carbons (Fsp3) is 0.0714. The first-order valence-corrected chi connectivity index (χ1v) is 6.99. The van der Waals surface area contributed by atoms with Crippen LogP contribution in [-0.4, -0.2) is 4.98 Å². The number of alkyl halides is 1. The Morgan fingerprint density at radius 1 is 1.25 bits per heavy atom. The van der Waals surface area contributed by atoms with Crippen LogP contribution in [0.4, 0.5) is 4.39 Å². The molecule has 1 aromatic heterocycles. The largest absolute Gasteiger partial charge is 0.417 e. The first-order chi connectivity index (χ1) is 9.54. The van der Waals surface area contributed by atoms with Crippen LogP contribution in [0.3, 0.4) is 0 Å². The number of halogens is 3. The van der Waals surface area contributed by atoms with Gasteiger partial charge in [-0.1, -0.05) is 22.0 Å². The summed E-state index contributed by atoms with van der Waals surface area (Å²) < 4.78 is 19.6. The Hall–Kier alpha value is -1.59. The Balaban J connectivity index is 2.09. The molecule has 3 rings (SSSR count). The monoisotopic (exact) mass is 355 g/mol. The first kappa shape index (κ1) is 13.4. The van der Waals surface area contributed by atoms with Crippen molar-refractivity contribution in [2.75, 3.05) is 0 Å². The van der Waals surface area contributed by atoms with Crippen molar-refractivity contribution in [1.82, 2.24) is 4.98 Å². The minimum atomic E-state index is -0.669. The summed E-state index contributed by atoms with van der Waals surface area (Å²) in [5.41, 5.74) is 1.99. The van der Waals surface area contributed by atoms with Gasteiger partial charge >= 0.3 is 5.76 Å². The molecular formula is C14H8BrClFNO2. The second-order valence-electron chi connectivity index (χ2n) is 4.30. The van der Waals surface area contributed by atoms with E-state index in [-0.39, 0.29) is 5.82 Å². The van der Waals surface area contributed by atoms with E-state index in [9.17, 15) is 9.18 Å². The van der Waals surface area contributed by atoms with Gasteiger partial charge in [0.2, 0.25) is 0 Å². The molecule has 20 heavy (non-hydrogen) atoms. The number of rotatable bonds is 2. The molecule has 0 bridgehead atoms. The smallest absolute Gasteiger partial charge is 0.408 e. The van der Waals surface area contributed by atoms with Crippen LogP contribution in [0.5, 0.6) is 0 Å². The van der Waals surface area contributed by atoms with Crippen molar-refractivity contribution in [3.63, 3.8) is 0 Å². The second kappa shape index (κ2) is 5.07. The Morgan fingerprint density at radius 2 is 2.05 bits per heavy atom. The quantitative estimate of drug-likeness (QED) is 0.694. The normalized spacial score (nSPS) is 12.8. The second-order valence-corrected chi connectivity index (χ2v) is 5.65. The van der Waals surface area contributed by atoms with Crippen molar-refractivity contribution >= 4 is 38.6 Å². The lowest BCUT2D eigenvalue weighted by molar-refractivity contribution is 0.555. The lowest BCUT2D eigenvalue weighted by atomic mass is 10.0. The molecule has 0 saturated carbocycles. The van der Waals surface area contributed by atoms with Crippen LogP contribution in [0.2, 0.25) is 0 Å². The van der Waals surface area contributed by atoms with Gasteiger partial charge in [0, 0.05) is 10.0 Å². The number of fused-ring (bicyclic) bond motifs is 1. The molecule has 0 aliphatic rings. The maximum atomic E-state index is 13.8. The number of H-pyrrole nitrogens is 1. The molecule has 0 aliphatic carbocycles. The van der Waals surface area contributed by atoms with Crippen molar-refractivity contribution in [3.8, 4) is 0 Å². The third kappa shape index (κ3) is 2.39. The minimum absolute atomic E-state index is 0.360. The molecule has 0 amide bonds. The van der Waals surface area contributed by atoms with E-state index < -0.39 is 11.1 Å². The third-order valence-electron chi connectivity index (χ3n) is 2.97. The van der Waals surface area contributed by atoms with Gasteiger partial charge in [-0.25, -0.2) is 9.18 Å². The van der Waals surface area contributed by atoms with E-state index in [2.05, 4.69) is 20.9 Å². The Bertz CT molecular complexity index is 843. The molecule has 1 unspecified atom stereocenters. The van der Waals surface area contributed by atoms with Crippen LogP contribution in [-0.2, 0) is 0 Å². The van der Waals surface area contributed by atoms with Crippen LogP contribution >= 0.6 is 27.5 Å². The molecular weight excluding hydrogens is 349 g/mol. The minimum Gasteiger partial charge on any atom is -0.408 e. The standard InChI is InChI=1S/C14H8BrClFNO2/c15-8-2-3-10(17)9(6-8)13(16)7-1-4-11-12(5-7)20-14(19)18-11/h1-6,13H,(H,18,19). The van der Waals surface area contributed by atoms with Crippen molar-refractivity contribution in [2.24, 2.45) is 0 Å². The van der Waals surface area contributed by atoms with Crippen LogP contribution in [0.15, 0.2) is 50.1 Å². The molecule has 102 valence electrons. The Labute approximate surface area is 126 Å². The molecule has 0 fully saturated rings. The summed E-state index contributed by atoms with van der Waals surface area (Å²) >= 11 is 9.62. The van der Waals surface area contributed by atoms with Gasteiger partial charge in [0.15, 0.2) is 5.58 Å². The van der Waals surface area contributed by atoms with Crippen LogP contribution in [0.1, 0.15) is 16.5 Å². The summed E-state index contributed by atoms with van der Waals surface area (Å²) in [6.07, 6.45) is 0. The maximum absolute atomic E-state index is 13.8. The summed E-state index contributed by atoms with van der Waals surface area (Å²) in [6.45, 7) is 0. The van der Waals surface area contributed by atoms with Crippen molar-refractivity contribution in [2.45, 2.75) is 5.38 Å². The van der Waals surface area contributed by atoms with Gasteiger partial charge in [-0.15, -0.1) is 11.6 Å². The van der Waals surface area contributed by atoms with Crippen LogP contribution in [0, 0.1) is 5.82 Å². The summed E-state index contributed by atoms with van der Waals surface area (Å²) in [5.74, 6) is -0.916. The lowest BCUT2D eigenvalue weighted by Gasteiger charge is -2.11. The zero-order chi connectivity index (χ0) is 14.3. The van der Waals surface area contributed by atoms with E-state index >= 15 is 0 Å². The highest BCUT2D eigenvalue weighted by Gasteiger charge is 2.17. The van der Waals surface area contributed by atoms with Gasteiger partial charge in [0.05, 0.1) is 10.9 Å². The van der Waals surface area contributed by atoms with Gasteiger partial charge in [0.25, 0.3) is 0 Å². The summed E-state index contributed by atoms with van der Waals surface area (Å²) in [4.78, 5) is 13.7. The Kier molecular flexibility index (Phi) is 3.40. The fourth-order valence-electron chi connectivity index (χ4n) is 2.01. The number of nitrogens with one attached hydrogen (secondary N) is 1. The van der Waals surface area contributed by atoms with Crippen molar-refractivity contribution in [3.05, 3.63) is 68.4 Å².